The Morgan fingerprint density at radius 3 is 3.00 bits per heavy atom. The van der Waals surface area contributed by atoms with Crippen LogP contribution >= 0.6 is 0 Å². The molecule has 15 heavy (non-hydrogen) atoms. The van der Waals surface area contributed by atoms with Gasteiger partial charge >= 0.3 is 5.76 Å². The molecule has 4 nitrogen and oxygen atoms in total. The van der Waals surface area contributed by atoms with Gasteiger partial charge in [0.2, 0.25) is 0 Å². The monoisotopic (exact) mass is 204 g/mol. The fourth-order valence-electron chi connectivity index (χ4n) is 1.83. The van der Waals surface area contributed by atoms with Crippen LogP contribution in [0.5, 0.6) is 0 Å². The minimum absolute atomic E-state index is 0.397. The highest BCUT2D eigenvalue weighted by Crippen LogP contribution is 2.24. The highest BCUT2D eigenvalue weighted by atomic mass is 16.4. The molecule has 78 valence electrons. The summed E-state index contributed by atoms with van der Waals surface area (Å²) in [5.41, 5.74) is 2.41. The van der Waals surface area contributed by atoms with Crippen molar-refractivity contribution in [2.24, 2.45) is 0 Å². The Morgan fingerprint density at radius 1 is 1.40 bits per heavy atom. The standard InChI is InChI=1S/C11H12N2O2/c14-11-13-9-6-8(4-5-10(9)15-11)12-7-2-1-3-7/h4-7,12H,1-3H2,(H,13,14). The fraction of sp³-hybridized carbons (Fsp3) is 0.364. The number of hydrogen-bond acceptors (Lipinski definition) is 3. The van der Waals surface area contributed by atoms with Crippen LogP contribution in [-0.2, 0) is 0 Å². The normalized spacial score (nSPS) is 16.5. The number of anilines is 1. The van der Waals surface area contributed by atoms with Crippen molar-refractivity contribution in [2.75, 3.05) is 5.32 Å². The van der Waals surface area contributed by atoms with Crippen LogP contribution in [0.2, 0.25) is 0 Å². The molecule has 0 spiro atoms. The number of fused-ring (bicyclic) bond motifs is 1. The molecule has 0 unspecified atom stereocenters. The fourth-order valence-corrected chi connectivity index (χ4v) is 1.83. The maximum Gasteiger partial charge on any atom is 0.417 e. The first-order valence-corrected chi connectivity index (χ1v) is 5.21. The average molecular weight is 204 g/mol. The molecule has 0 atom stereocenters. The number of aromatic amines is 1. The summed E-state index contributed by atoms with van der Waals surface area (Å²) in [5, 5.41) is 3.42. The Balaban J connectivity index is 1.94. The number of nitrogens with one attached hydrogen (secondary N) is 2. The van der Waals surface area contributed by atoms with Gasteiger partial charge in [-0.3, -0.25) is 4.98 Å². The molecule has 0 aliphatic heterocycles. The quantitative estimate of drug-likeness (QED) is 0.787. The zero-order valence-electron chi connectivity index (χ0n) is 8.25. The second-order valence-electron chi connectivity index (χ2n) is 4.00. The van der Waals surface area contributed by atoms with E-state index in [0.29, 0.717) is 11.6 Å². The van der Waals surface area contributed by atoms with Gasteiger partial charge in [-0.05, 0) is 37.5 Å². The van der Waals surface area contributed by atoms with Gasteiger partial charge in [0.05, 0.1) is 5.52 Å². The zero-order valence-corrected chi connectivity index (χ0v) is 8.25. The summed E-state index contributed by atoms with van der Waals surface area (Å²) < 4.78 is 4.93. The molecule has 0 amide bonds. The maximum atomic E-state index is 10.9. The number of rotatable bonds is 2. The summed E-state index contributed by atoms with van der Waals surface area (Å²) in [4.78, 5) is 13.6. The lowest BCUT2D eigenvalue weighted by Gasteiger charge is -2.27. The molecule has 1 aliphatic carbocycles. The Labute approximate surface area is 86.3 Å². The number of oxazole rings is 1. The molecule has 1 saturated carbocycles. The van der Waals surface area contributed by atoms with Crippen LogP contribution in [-0.4, -0.2) is 11.0 Å². The van der Waals surface area contributed by atoms with E-state index >= 15 is 0 Å². The molecule has 1 heterocycles. The van der Waals surface area contributed by atoms with Crippen molar-refractivity contribution in [1.29, 1.82) is 0 Å². The van der Waals surface area contributed by atoms with Crippen LogP contribution in [0.1, 0.15) is 19.3 Å². The number of hydrogen-bond donors (Lipinski definition) is 2. The smallest absolute Gasteiger partial charge is 0.408 e. The summed E-state index contributed by atoms with van der Waals surface area (Å²) >= 11 is 0. The first kappa shape index (κ1) is 8.59. The highest BCUT2D eigenvalue weighted by Gasteiger charge is 2.16. The summed E-state index contributed by atoms with van der Waals surface area (Å²) in [6.07, 6.45) is 3.78. The SMILES string of the molecule is O=c1[nH]c2cc(NC3CCC3)ccc2o1. The molecule has 0 saturated heterocycles. The lowest BCUT2D eigenvalue weighted by Crippen LogP contribution is -2.26. The number of benzene rings is 1. The van der Waals surface area contributed by atoms with Crippen LogP contribution in [0.15, 0.2) is 27.4 Å². The second-order valence-corrected chi connectivity index (χ2v) is 4.00. The van der Waals surface area contributed by atoms with Crippen molar-refractivity contribution >= 4 is 16.8 Å². The van der Waals surface area contributed by atoms with Crippen molar-refractivity contribution in [2.45, 2.75) is 25.3 Å². The summed E-state index contributed by atoms with van der Waals surface area (Å²) in [6.45, 7) is 0. The van der Waals surface area contributed by atoms with E-state index in [1.165, 1.54) is 19.3 Å². The third-order valence-corrected chi connectivity index (χ3v) is 2.89. The minimum Gasteiger partial charge on any atom is -0.408 e. The molecule has 1 aromatic carbocycles. The Kier molecular flexibility index (Phi) is 1.80. The van der Waals surface area contributed by atoms with E-state index in [9.17, 15) is 4.79 Å². The molecule has 2 N–H and O–H groups in total. The van der Waals surface area contributed by atoms with Gasteiger partial charge in [-0.1, -0.05) is 0 Å². The van der Waals surface area contributed by atoms with Crippen LogP contribution in [0.3, 0.4) is 0 Å². The largest absolute Gasteiger partial charge is 0.417 e. The topological polar surface area (TPSA) is 58.0 Å². The van der Waals surface area contributed by atoms with Gasteiger partial charge in [-0.2, -0.15) is 0 Å². The molecule has 0 radical (unpaired) electrons. The van der Waals surface area contributed by atoms with Gasteiger partial charge in [0.1, 0.15) is 0 Å². The predicted molar refractivity (Wildman–Crippen MR) is 58.1 cm³/mol. The highest BCUT2D eigenvalue weighted by molar-refractivity contribution is 5.76. The van der Waals surface area contributed by atoms with E-state index in [0.717, 1.165) is 11.2 Å². The molecule has 2 aromatic rings. The van der Waals surface area contributed by atoms with Crippen molar-refractivity contribution < 1.29 is 4.42 Å². The predicted octanol–water partition coefficient (Wildman–Crippen LogP) is 2.09. The van der Waals surface area contributed by atoms with Crippen LogP contribution < -0.4 is 11.1 Å². The van der Waals surface area contributed by atoms with E-state index < -0.39 is 5.76 Å². The molecule has 1 aliphatic rings. The summed E-state index contributed by atoms with van der Waals surface area (Å²) in [7, 11) is 0. The maximum absolute atomic E-state index is 10.9. The van der Waals surface area contributed by atoms with Crippen molar-refractivity contribution in [3.8, 4) is 0 Å². The van der Waals surface area contributed by atoms with E-state index in [1.54, 1.807) is 0 Å². The van der Waals surface area contributed by atoms with E-state index in [1.807, 2.05) is 18.2 Å². The van der Waals surface area contributed by atoms with Gasteiger partial charge in [0.15, 0.2) is 5.58 Å². The third-order valence-electron chi connectivity index (χ3n) is 2.89. The lowest BCUT2D eigenvalue weighted by atomic mass is 9.93. The van der Waals surface area contributed by atoms with Crippen molar-refractivity contribution in [3.05, 3.63) is 28.7 Å². The van der Waals surface area contributed by atoms with Crippen molar-refractivity contribution in [3.63, 3.8) is 0 Å². The summed E-state index contributed by atoms with van der Waals surface area (Å²) in [6, 6.07) is 6.27. The Bertz CT molecular complexity index is 537. The molecule has 0 bridgehead atoms. The third kappa shape index (κ3) is 1.52. The number of H-pyrrole nitrogens is 1. The van der Waals surface area contributed by atoms with Crippen LogP contribution in [0, 0.1) is 0 Å². The second kappa shape index (κ2) is 3.15. The first-order chi connectivity index (χ1) is 7.31. The van der Waals surface area contributed by atoms with Gasteiger partial charge in [0.25, 0.3) is 0 Å². The Hall–Kier alpha value is -1.71. The molecular weight excluding hydrogens is 192 g/mol. The van der Waals surface area contributed by atoms with Crippen LogP contribution in [0.4, 0.5) is 5.69 Å². The molecule has 1 aromatic heterocycles. The van der Waals surface area contributed by atoms with Gasteiger partial charge in [0, 0.05) is 11.7 Å². The van der Waals surface area contributed by atoms with E-state index in [2.05, 4.69) is 10.3 Å². The van der Waals surface area contributed by atoms with E-state index in [4.69, 9.17) is 4.42 Å². The van der Waals surface area contributed by atoms with Gasteiger partial charge in [-0.25, -0.2) is 4.79 Å². The molecule has 3 rings (SSSR count). The zero-order chi connectivity index (χ0) is 10.3. The summed E-state index contributed by atoms with van der Waals surface area (Å²) in [5.74, 6) is -0.397. The van der Waals surface area contributed by atoms with Crippen molar-refractivity contribution in [1.82, 2.24) is 4.98 Å². The minimum atomic E-state index is -0.397. The van der Waals surface area contributed by atoms with Crippen LogP contribution in [0.25, 0.3) is 11.1 Å². The first-order valence-electron chi connectivity index (χ1n) is 5.21. The average Bonchev–Trinajstić information content (AvgIpc) is 2.50. The molecular formula is C11H12N2O2. The van der Waals surface area contributed by atoms with Gasteiger partial charge < -0.3 is 9.73 Å². The molecule has 4 heteroatoms. The molecule has 1 fully saturated rings. The van der Waals surface area contributed by atoms with E-state index in [-0.39, 0.29) is 0 Å². The Morgan fingerprint density at radius 2 is 2.27 bits per heavy atom. The lowest BCUT2D eigenvalue weighted by molar-refractivity contribution is 0.445. The number of aromatic nitrogens is 1. The van der Waals surface area contributed by atoms with Gasteiger partial charge in [-0.15, -0.1) is 0 Å².